The van der Waals surface area contributed by atoms with Gasteiger partial charge in [0.2, 0.25) is 0 Å². The van der Waals surface area contributed by atoms with E-state index >= 15 is 0 Å². The first-order valence-corrected chi connectivity index (χ1v) is 9.18. The van der Waals surface area contributed by atoms with Crippen LogP contribution in [0.1, 0.15) is 15.9 Å². The summed E-state index contributed by atoms with van der Waals surface area (Å²) in [6, 6.07) is 21.5. The molecule has 2 aromatic carbocycles. The number of amides is 1. The maximum Gasteiger partial charge on any atom is 0.251 e. The number of ether oxygens (including phenoxy) is 1. The monoisotopic (exact) mass is 371 g/mol. The summed E-state index contributed by atoms with van der Waals surface area (Å²) in [7, 11) is 1.65. The fourth-order valence-electron chi connectivity index (χ4n) is 3.09. The SMILES string of the molecule is COc1ccc(CCNC(=O)c2ccn3cc(-c4ccccc4)nc3c2)cc1. The summed E-state index contributed by atoms with van der Waals surface area (Å²) in [6.07, 6.45) is 4.60. The molecule has 0 spiro atoms. The smallest absolute Gasteiger partial charge is 0.251 e. The van der Waals surface area contributed by atoms with Crippen molar-refractivity contribution in [3.63, 3.8) is 0 Å². The summed E-state index contributed by atoms with van der Waals surface area (Å²) < 4.78 is 7.08. The molecule has 0 aliphatic heterocycles. The molecule has 0 atom stereocenters. The van der Waals surface area contributed by atoms with Crippen molar-refractivity contribution in [2.45, 2.75) is 6.42 Å². The van der Waals surface area contributed by atoms with Crippen LogP contribution in [0, 0.1) is 0 Å². The van der Waals surface area contributed by atoms with E-state index in [-0.39, 0.29) is 5.91 Å². The lowest BCUT2D eigenvalue weighted by atomic mass is 10.1. The van der Waals surface area contributed by atoms with Gasteiger partial charge in [-0.2, -0.15) is 0 Å². The van der Waals surface area contributed by atoms with Gasteiger partial charge in [0.05, 0.1) is 12.8 Å². The molecular weight excluding hydrogens is 350 g/mol. The number of hydrogen-bond acceptors (Lipinski definition) is 3. The predicted octanol–water partition coefficient (Wildman–Crippen LogP) is 3.98. The third kappa shape index (κ3) is 3.88. The molecule has 0 radical (unpaired) electrons. The molecule has 28 heavy (non-hydrogen) atoms. The van der Waals surface area contributed by atoms with Crippen molar-refractivity contribution in [3.05, 3.63) is 90.3 Å². The molecule has 2 heterocycles. The number of imidazole rings is 1. The van der Waals surface area contributed by atoms with E-state index in [1.807, 2.05) is 83.5 Å². The Morgan fingerprint density at radius 3 is 2.61 bits per heavy atom. The van der Waals surface area contributed by atoms with Gasteiger partial charge in [0, 0.05) is 30.1 Å². The van der Waals surface area contributed by atoms with Crippen molar-refractivity contribution in [1.29, 1.82) is 0 Å². The number of methoxy groups -OCH3 is 1. The van der Waals surface area contributed by atoms with Crippen LogP contribution in [0.15, 0.2) is 79.1 Å². The van der Waals surface area contributed by atoms with Crippen LogP contribution in [0.2, 0.25) is 0 Å². The minimum atomic E-state index is -0.0970. The van der Waals surface area contributed by atoms with Gasteiger partial charge in [-0.25, -0.2) is 4.98 Å². The molecular formula is C23H21N3O2. The van der Waals surface area contributed by atoms with E-state index in [0.29, 0.717) is 12.1 Å². The summed E-state index contributed by atoms with van der Waals surface area (Å²) in [4.78, 5) is 17.1. The van der Waals surface area contributed by atoms with E-state index < -0.39 is 0 Å². The minimum Gasteiger partial charge on any atom is -0.497 e. The number of carbonyl (C=O) groups is 1. The van der Waals surface area contributed by atoms with Crippen LogP contribution in [0.4, 0.5) is 0 Å². The summed E-state index contributed by atoms with van der Waals surface area (Å²) in [6.45, 7) is 0.569. The molecule has 5 nitrogen and oxygen atoms in total. The maximum atomic E-state index is 12.5. The maximum absolute atomic E-state index is 12.5. The number of pyridine rings is 1. The van der Waals surface area contributed by atoms with E-state index in [0.717, 1.165) is 34.6 Å². The molecule has 5 heteroatoms. The first kappa shape index (κ1) is 17.8. The molecule has 0 bridgehead atoms. The van der Waals surface area contributed by atoms with Crippen LogP contribution >= 0.6 is 0 Å². The molecule has 0 aliphatic rings. The molecule has 4 rings (SSSR count). The molecule has 140 valence electrons. The zero-order chi connectivity index (χ0) is 19.3. The van der Waals surface area contributed by atoms with Crippen LogP contribution < -0.4 is 10.1 Å². The Hall–Kier alpha value is -3.60. The van der Waals surface area contributed by atoms with Gasteiger partial charge in [0.1, 0.15) is 11.4 Å². The lowest BCUT2D eigenvalue weighted by molar-refractivity contribution is 0.0954. The van der Waals surface area contributed by atoms with Crippen LogP contribution in [-0.2, 0) is 6.42 Å². The lowest BCUT2D eigenvalue weighted by Crippen LogP contribution is -2.25. The molecule has 4 aromatic rings. The second-order valence-corrected chi connectivity index (χ2v) is 6.53. The van der Waals surface area contributed by atoms with Crippen molar-refractivity contribution in [2.24, 2.45) is 0 Å². The highest BCUT2D eigenvalue weighted by molar-refractivity contribution is 5.95. The van der Waals surface area contributed by atoms with E-state index in [9.17, 15) is 4.79 Å². The van der Waals surface area contributed by atoms with Crippen LogP contribution in [0.3, 0.4) is 0 Å². The Kier molecular flexibility index (Phi) is 5.06. The Morgan fingerprint density at radius 2 is 1.86 bits per heavy atom. The highest BCUT2D eigenvalue weighted by atomic mass is 16.5. The van der Waals surface area contributed by atoms with Gasteiger partial charge in [0.15, 0.2) is 0 Å². The van der Waals surface area contributed by atoms with E-state index in [2.05, 4.69) is 10.3 Å². The normalized spacial score (nSPS) is 10.8. The molecule has 0 saturated heterocycles. The predicted molar refractivity (Wildman–Crippen MR) is 110 cm³/mol. The summed E-state index contributed by atoms with van der Waals surface area (Å²) >= 11 is 0. The first-order valence-electron chi connectivity index (χ1n) is 9.18. The lowest BCUT2D eigenvalue weighted by Gasteiger charge is -2.06. The van der Waals surface area contributed by atoms with E-state index in [4.69, 9.17) is 4.74 Å². The summed E-state index contributed by atoms with van der Waals surface area (Å²) in [5.41, 5.74) is 4.45. The van der Waals surface area contributed by atoms with Gasteiger partial charge in [0.25, 0.3) is 5.91 Å². The van der Waals surface area contributed by atoms with Gasteiger partial charge in [-0.3, -0.25) is 4.79 Å². The second kappa shape index (κ2) is 7.96. The van der Waals surface area contributed by atoms with Crippen molar-refractivity contribution in [1.82, 2.24) is 14.7 Å². The zero-order valence-electron chi connectivity index (χ0n) is 15.6. The number of nitrogens with one attached hydrogen (secondary N) is 1. The number of rotatable bonds is 6. The number of hydrogen-bond donors (Lipinski definition) is 1. The van der Waals surface area contributed by atoms with Crippen molar-refractivity contribution in [2.75, 3.05) is 13.7 Å². The highest BCUT2D eigenvalue weighted by Gasteiger charge is 2.09. The molecule has 0 saturated carbocycles. The summed E-state index contributed by atoms with van der Waals surface area (Å²) in [5.74, 6) is 0.732. The van der Waals surface area contributed by atoms with Crippen LogP contribution in [-0.4, -0.2) is 28.9 Å². The van der Waals surface area contributed by atoms with Crippen molar-refractivity contribution < 1.29 is 9.53 Å². The summed E-state index contributed by atoms with van der Waals surface area (Å²) in [5, 5.41) is 2.97. The van der Waals surface area contributed by atoms with E-state index in [1.54, 1.807) is 7.11 Å². The number of nitrogens with zero attached hydrogens (tertiary/aromatic N) is 2. The number of carbonyl (C=O) groups excluding carboxylic acids is 1. The fourth-order valence-corrected chi connectivity index (χ4v) is 3.09. The second-order valence-electron chi connectivity index (χ2n) is 6.53. The highest BCUT2D eigenvalue weighted by Crippen LogP contribution is 2.19. The average Bonchev–Trinajstić information content (AvgIpc) is 3.18. The molecule has 0 aliphatic carbocycles. The Bertz CT molecular complexity index is 1090. The molecule has 0 fully saturated rings. The minimum absolute atomic E-state index is 0.0970. The number of benzene rings is 2. The largest absolute Gasteiger partial charge is 0.497 e. The topological polar surface area (TPSA) is 55.6 Å². The van der Waals surface area contributed by atoms with Crippen molar-refractivity contribution >= 4 is 11.6 Å². The Morgan fingerprint density at radius 1 is 1.07 bits per heavy atom. The van der Waals surface area contributed by atoms with Gasteiger partial charge in [-0.15, -0.1) is 0 Å². The number of aromatic nitrogens is 2. The van der Waals surface area contributed by atoms with Crippen LogP contribution in [0.25, 0.3) is 16.9 Å². The Labute approximate surface area is 163 Å². The molecule has 1 N–H and O–H groups in total. The van der Waals surface area contributed by atoms with Gasteiger partial charge < -0.3 is 14.5 Å². The molecule has 2 aromatic heterocycles. The first-order chi connectivity index (χ1) is 13.7. The Balaban J connectivity index is 1.42. The van der Waals surface area contributed by atoms with Crippen molar-refractivity contribution in [3.8, 4) is 17.0 Å². The van der Waals surface area contributed by atoms with Gasteiger partial charge in [-0.1, -0.05) is 42.5 Å². The quantitative estimate of drug-likeness (QED) is 0.558. The van der Waals surface area contributed by atoms with Gasteiger partial charge in [-0.05, 0) is 36.2 Å². The standard InChI is InChI=1S/C23H21N3O2/c1-28-20-9-7-17(8-10-20)11-13-24-23(27)19-12-14-26-16-21(25-22(26)15-19)18-5-3-2-4-6-18/h2-10,12,14-16H,11,13H2,1H3,(H,24,27). The molecule has 0 unspecified atom stereocenters. The zero-order valence-corrected chi connectivity index (χ0v) is 15.6. The van der Waals surface area contributed by atoms with Gasteiger partial charge >= 0.3 is 0 Å². The average molecular weight is 371 g/mol. The number of fused-ring (bicyclic) bond motifs is 1. The van der Waals surface area contributed by atoms with E-state index in [1.165, 1.54) is 0 Å². The van der Waals surface area contributed by atoms with Crippen LogP contribution in [0.5, 0.6) is 5.75 Å². The molecule has 1 amide bonds. The fraction of sp³-hybridized carbons (Fsp3) is 0.130. The third-order valence-electron chi connectivity index (χ3n) is 4.65. The third-order valence-corrected chi connectivity index (χ3v) is 4.65.